The number of hydrogen-bond acceptors (Lipinski definition) is 6. The maximum absolute atomic E-state index is 12.1. The van der Waals surface area contributed by atoms with E-state index in [0.29, 0.717) is 16.4 Å². The molecule has 2 aromatic heterocycles. The van der Waals surface area contributed by atoms with E-state index in [0.717, 1.165) is 24.5 Å². The normalized spacial score (nSPS) is 10.1. The van der Waals surface area contributed by atoms with Crippen molar-refractivity contribution in [3.63, 3.8) is 0 Å². The fourth-order valence-electron chi connectivity index (χ4n) is 1.37. The highest BCUT2D eigenvalue weighted by molar-refractivity contribution is 7.10. The Morgan fingerprint density at radius 2 is 2.39 bits per heavy atom. The fraction of sp³-hybridized carbons (Fsp3) is 0.273. The summed E-state index contributed by atoms with van der Waals surface area (Å²) in [6, 6.07) is 3.46. The van der Waals surface area contributed by atoms with Crippen molar-refractivity contribution in [3.05, 3.63) is 30.1 Å². The third kappa shape index (κ3) is 3.01. The Morgan fingerprint density at radius 1 is 1.50 bits per heavy atom. The molecule has 18 heavy (non-hydrogen) atoms. The van der Waals surface area contributed by atoms with Crippen LogP contribution in [-0.4, -0.2) is 27.0 Å². The lowest BCUT2D eigenvalue weighted by atomic mass is 10.2. The Labute approximate surface area is 109 Å². The molecule has 2 heterocycles. The second-order valence-corrected chi connectivity index (χ2v) is 4.35. The first-order chi connectivity index (χ1) is 8.81. The van der Waals surface area contributed by atoms with Gasteiger partial charge in [-0.15, -0.1) is 5.10 Å². The van der Waals surface area contributed by atoms with Crippen molar-refractivity contribution < 1.29 is 4.79 Å². The van der Waals surface area contributed by atoms with E-state index < -0.39 is 0 Å². The molecule has 0 fully saturated rings. The zero-order valence-electron chi connectivity index (χ0n) is 9.88. The third-order valence-electron chi connectivity index (χ3n) is 2.19. The van der Waals surface area contributed by atoms with Crippen molar-refractivity contribution in [3.8, 4) is 0 Å². The van der Waals surface area contributed by atoms with Crippen molar-refractivity contribution in [2.75, 3.05) is 17.2 Å². The number of rotatable bonds is 5. The van der Waals surface area contributed by atoms with Crippen molar-refractivity contribution in [2.45, 2.75) is 13.3 Å². The van der Waals surface area contributed by atoms with Gasteiger partial charge in [-0.2, -0.15) is 0 Å². The van der Waals surface area contributed by atoms with Gasteiger partial charge in [0.2, 0.25) is 0 Å². The first kappa shape index (κ1) is 12.4. The molecule has 0 aliphatic rings. The maximum Gasteiger partial charge on any atom is 0.260 e. The summed E-state index contributed by atoms with van der Waals surface area (Å²) in [6.45, 7) is 2.83. The second kappa shape index (κ2) is 6.06. The molecule has 0 spiro atoms. The number of amides is 1. The number of carbonyl (C=O) groups is 1. The number of anilines is 2. The second-order valence-electron chi connectivity index (χ2n) is 3.56. The topological polar surface area (TPSA) is 79.8 Å². The van der Waals surface area contributed by atoms with Crippen LogP contribution in [0.15, 0.2) is 24.5 Å². The van der Waals surface area contributed by atoms with Crippen LogP contribution in [0.4, 0.5) is 10.8 Å². The van der Waals surface area contributed by atoms with Gasteiger partial charge in [-0.1, -0.05) is 11.4 Å². The summed E-state index contributed by atoms with van der Waals surface area (Å²) in [4.78, 5) is 16.2. The van der Waals surface area contributed by atoms with Crippen molar-refractivity contribution in [1.82, 2.24) is 14.6 Å². The highest BCUT2D eigenvalue weighted by Crippen LogP contribution is 2.16. The Balaban J connectivity index is 2.13. The highest BCUT2D eigenvalue weighted by atomic mass is 32.1. The van der Waals surface area contributed by atoms with Crippen LogP contribution in [0.2, 0.25) is 0 Å². The summed E-state index contributed by atoms with van der Waals surface area (Å²) in [5.41, 5.74) is 0.513. The lowest BCUT2D eigenvalue weighted by molar-refractivity contribution is 0.102. The fourth-order valence-corrected chi connectivity index (χ4v) is 1.79. The third-order valence-corrected chi connectivity index (χ3v) is 2.77. The average molecular weight is 263 g/mol. The predicted octanol–water partition coefficient (Wildman–Crippen LogP) is 2.01. The minimum atomic E-state index is -0.215. The zero-order chi connectivity index (χ0) is 12.8. The Kier molecular flexibility index (Phi) is 4.19. The van der Waals surface area contributed by atoms with E-state index in [1.807, 2.05) is 0 Å². The summed E-state index contributed by atoms with van der Waals surface area (Å²) < 4.78 is 3.69. The van der Waals surface area contributed by atoms with Gasteiger partial charge in [0.05, 0.1) is 11.8 Å². The molecule has 0 atom stereocenters. The van der Waals surface area contributed by atoms with Crippen LogP contribution in [0.5, 0.6) is 0 Å². The highest BCUT2D eigenvalue weighted by Gasteiger charge is 2.12. The summed E-state index contributed by atoms with van der Waals surface area (Å²) in [5, 5.41) is 10.1. The molecule has 2 rings (SSSR count). The standard InChI is InChI=1S/C11H13N5OS/c1-2-5-12-10-8(4-3-6-13-10)11(17)15-9-7-14-16-18-9/h3-4,6-7H,2,5H2,1H3,(H,12,13)(H,15,17). The average Bonchev–Trinajstić information content (AvgIpc) is 2.89. The van der Waals surface area contributed by atoms with Crippen LogP contribution in [0, 0.1) is 0 Å². The molecular weight excluding hydrogens is 250 g/mol. The van der Waals surface area contributed by atoms with E-state index in [2.05, 4.69) is 32.1 Å². The van der Waals surface area contributed by atoms with E-state index in [1.165, 1.54) is 6.20 Å². The molecule has 1 amide bonds. The van der Waals surface area contributed by atoms with Gasteiger partial charge < -0.3 is 10.6 Å². The molecule has 2 aromatic rings. The maximum atomic E-state index is 12.1. The molecule has 0 unspecified atom stereocenters. The summed E-state index contributed by atoms with van der Waals surface area (Å²) in [7, 11) is 0. The SMILES string of the molecule is CCCNc1ncccc1C(=O)Nc1cnns1. The van der Waals surface area contributed by atoms with Crippen LogP contribution >= 0.6 is 11.5 Å². The Bertz CT molecular complexity index is 514. The monoisotopic (exact) mass is 263 g/mol. The van der Waals surface area contributed by atoms with Gasteiger partial charge in [0, 0.05) is 24.3 Å². The minimum Gasteiger partial charge on any atom is -0.369 e. The Hall–Kier alpha value is -2.02. The largest absolute Gasteiger partial charge is 0.369 e. The van der Waals surface area contributed by atoms with Crippen molar-refractivity contribution in [2.24, 2.45) is 0 Å². The number of carbonyl (C=O) groups excluding carboxylic acids is 1. The van der Waals surface area contributed by atoms with Gasteiger partial charge in [-0.25, -0.2) is 4.98 Å². The quantitative estimate of drug-likeness (QED) is 0.862. The lowest BCUT2D eigenvalue weighted by Crippen LogP contribution is -2.15. The summed E-state index contributed by atoms with van der Waals surface area (Å²) in [5.74, 6) is 0.377. The molecule has 2 N–H and O–H groups in total. The molecule has 6 nitrogen and oxygen atoms in total. The van der Waals surface area contributed by atoms with Gasteiger partial charge >= 0.3 is 0 Å². The van der Waals surface area contributed by atoms with Crippen LogP contribution < -0.4 is 10.6 Å². The van der Waals surface area contributed by atoms with Gasteiger partial charge in [-0.05, 0) is 18.6 Å². The molecule has 0 radical (unpaired) electrons. The first-order valence-electron chi connectivity index (χ1n) is 5.59. The first-order valence-corrected chi connectivity index (χ1v) is 6.36. The molecule has 0 aromatic carbocycles. The zero-order valence-corrected chi connectivity index (χ0v) is 10.7. The van der Waals surface area contributed by atoms with Crippen LogP contribution in [-0.2, 0) is 0 Å². The molecule has 0 bridgehead atoms. The minimum absolute atomic E-state index is 0.215. The van der Waals surface area contributed by atoms with E-state index in [-0.39, 0.29) is 5.91 Å². The Morgan fingerprint density at radius 3 is 3.11 bits per heavy atom. The summed E-state index contributed by atoms with van der Waals surface area (Å²) >= 11 is 1.14. The van der Waals surface area contributed by atoms with E-state index in [9.17, 15) is 4.79 Å². The van der Waals surface area contributed by atoms with Crippen molar-refractivity contribution in [1.29, 1.82) is 0 Å². The van der Waals surface area contributed by atoms with E-state index in [4.69, 9.17) is 0 Å². The number of aromatic nitrogens is 3. The number of nitrogens with one attached hydrogen (secondary N) is 2. The van der Waals surface area contributed by atoms with Crippen LogP contribution in [0.25, 0.3) is 0 Å². The van der Waals surface area contributed by atoms with E-state index >= 15 is 0 Å². The molecule has 0 saturated carbocycles. The molecule has 0 aliphatic heterocycles. The van der Waals surface area contributed by atoms with E-state index in [1.54, 1.807) is 18.3 Å². The number of pyridine rings is 1. The number of nitrogens with zero attached hydrogens (tertiary/aromatic N) is 3. The van der Waals surface area contributed by atoms with Crippen LogP contribution in [0.1, 0.15) is 23.7 Å². The van der Waals surface area contributed by atoms with Gasteiger partial charge in [-0.3, -0.25) is 4.79 Å². The van der Waals surface area contributed by atoms with Gasteiger partial charge in [0.15, 0.2) is 0 Å². The number of hydrogen-bond donors (Lipinski definition) is 2. The molecule has 94 valence electrons. The smallest absolute Gasteiger partial charge is 0.260 e. The van der Waals surface area contributed by atoms with Crippen molar-refractivity contribution >= 4 is 28.3 Å². The predicted molar refractivity (Wildman–Crippen MR) is 70.9 cm³/mol. The molecular formula is C11H13N5OS. The molecule has 7 heteroatoms. The van der Waals surface area contributed by atoms with Gasteiger partial charge in [0.25, 0.3) is 5.91 Å². The molecule has 0 saturated heterocycles. The lowest BCUT2D eigenvalue weighted by Gasteiger charge is -2.09. The molecule has 0 aliphatic carbocycles. The van der Waals surface area contributed by atoms with Gasteiger partial charge in [0.1, 0.15) is 10.8 Å². The van der Waals surface area contributed by atoms with Crippen LogP contribution in [0.3, 0.4) is 0 Å². The summed E-state index contributed by atoms with van der Waals surface area (Å²) in [6.07, 6.45) is 4.14.